The monoisotopic (exact) mass is 314 g/mol. The molecule has 2 rings (SSSR count). The molecule has 0 bridgehead atoms. The van der Waals surface area contributed by atoms with Crippen LogP contribution in [0.2, 0.25) is 0 Å². The van der Waals surface area contributed by atoms with Crippen LogP contribution < -0.4 is 10.5 Å². The molecule has 2 atom stereocenters. The van der Waals surface area contributed by atoms with Crippen LogP contribution in [0.1, 0.15) is 39.0 Å². The summed E-state index contributed by atoms with van der Waals surface area (Å²) in [5.74, 6) is 0.634. The van der Waals surface area contributed by atoms with Crippen LogP contribution in [0.5, 0.6) is 0 Å². The lowest BCUT2D eigenvalue weighted by Gasteiger charge is -2.27. The lowest BCUT2D eigenvalue weighted by atomic mass is 9.87. The summed E-state index contributed by atoms with van der Waals surface area (Å²) in [5.41, 5.74) is 0. The Morgan fingerprint density at radius 1 is 1.52 bits per heavy atom. The fraction of sp³-hybridized carbons (Fsp3) is 0.692. The zero-order valence-electron chi connectivity index (χ0n) is 12.2. The fourth-order valence-corrected chi connectivity index (χ4v) is 3.16. The van der Waals surface area contributed by atoms with Crippen LogP contribution in [0.3, 0.4) is 0 Å². The molecule has 1 heterocycles. The molecular formula is C13H22N4O3S. The number of amides is 1. The first kappa shape index (κ1) is 16.0. The van der Waals surface area contributed by atoms with Crippen molar-refractivity contribution in [2.75, 3.05) is 0 Å². The average Bonchev–Trinajstić information content (AvgIpc) is 2.85. The fourth-order valence-electron chi connectivity index (χ4n) is 2.69. The molecule has 8 heteroatoms. The van der Waals surface area contributed by atoms with Gasteiger partial charge in [-0.1, -0.05) is 19.8 Å². The third kappa shape index (κ3) is 4.82. The second kappa shape index (κ2) is 6.57. The summed E-state index contributed by atoms with van der Waals surface area (Å²) in [6.07, 6.45) is 7.26. The van der Waals surface area contributed by atoms with E-state index in [0.717, 1.165) is 19.3 Å². The third-order valence-corrected chi connectivity index (χ3v) is 4.68. The van der Waals surface area contributed by atoms with E-state index in [2.05, 4.69) is 17.3 Å². The molecule has 1 saturated carbocycles. The highest BCUT2D eigenvalue weighted by atomic mass is 32.2. The summed E-state index contributed by atoms with van der Waals surface area (Å²) in [6.45, 7) is 2.54. The van der Waals surface area contributed by atoms with E-state index in [9.17, 15) is 13.2 Å². The number of aromatic nitrogens is 2. The topological polar surface area (TPSA) is 107 Å². The molecule has 7 nitrogen and oxygen atoms in total. The Bertz CT molecular complexity index is 596. The highest BCUT2D eigenvalue weighted by Crippen LogP contribution is 2.23. The standard InChI is InChI=1S/C13H22N4O3S/c1-10-3-2-4-11(7-10)16-13(18)5-6-17-9-12(8-15-17)21(14,19)20/h8-11H,2-7H2,1H3,(H,16,18)(H2,14,19,20). The van der Waals surface area contributed by atoms with E-state index < -0.39 is 10.0 Å². The Balaban J connectivity index is 1.80. The number of hydrogen-bond donors (Lipinski definition) is 2. The van der Waals surface area contributed by atoms with Crippen molar-refractivity contribution in [3.63, 3.8) is 0 Å². The van der Waals surface area contributed by atoms with E-state index in [-0.39, 0.29) is 23.3 Å². The van der Waals surface area contributed by atoms with E-state index in [0.29, 0.717) is 12.5 Å². The van der Waals surface area contributed by atoms with Gasteiger partial charge in [-0.25, -0.2) is 13.6 Å². The van der Waals surface area contributed by atoms with Crippen LogP contribution in [0, 0.1) is 5.92 Å². The number of nitrogens with one attached hydrogen (secondary N) is 1. The van der Waals surface area contributed by atoms with Crippen molar-refractivity contribution in [1.82, 2.24) is 15.1 Å². The Labute approximate surface area is 124 Å². The van der Waals surface area contributed by atoms with Crippen molar-refractivity contribution in [3.8, 4) is 0 Å². The molecule has 1 aliphatic carbocycles. The number of nitrogens with zero attached hydrogens (tertiary/aromatic N) is 2. The molecule has 1 aliphatic rings. The van der Waals surface area contributed by atoms with Crippen molar-refractivity contribution in [2.24, 2.45) is 11.1 Å². The van der Waals surface area contributed by atoms with Crippen molar-refractivity contribution in [3.05, 3.63) is 12.4 Å². The summed E-state index contributed by atoms with van der Waals surface area (Å²) in [4.78, 5) is 11.9. The van der Waals surface area contributed by atoms with Crippen molar-refractivity contribution in [1.29, 1.82) is 0 Å². The van der Waals surface area contributed by atoms with Gasteiger partial charge in [0.1, 0.15) is 4.90 Å². The summed E-state index contributed by atoms with van der Waals surface area (Å²) >= 11 is 0. The van der Waals surface area contributed by atoms with Crippen LogP contribution in [0.25, 0.3) is 0 Å². The van der Waals surface area contributed by atoms with Crippen molar-refractivity contribution in [2.45, 2.75) is 56.5 Å². The van der Waals surface area contributed by atoms with Crippen LogP contribution in [-0.2, 0) is 21.4 Å². The maximum atomic E-state index is 11.9. The predicted octanol–water partition coefficient (Wildman–Crippen LogP) is 0.616. The Kier molecular flexibility index (Phi) is 5.00. The molecule has 3 N–H and O–H groups in total. The lowest BCUT2D eigenvalue weighted by molar-refractivity contribution is -0.122. The molecule has 0 saturated heterocycles. The number of carbonyl (C=O) groups excluding carboxylic acids is 1. The summed E-state index contributed by atoms with van der Waals surface area (Å²) in [6, 6.07) is 0.263. The summed E-state index contributed by atoms with van der Waals surface area (Å²) in [7, 11) is -3.73. The van der Waals surface area contributed by atoms with Gasteiger partial charge in [0.05, 0.1) is 6.20 Å². The largest absolute Gasteiger partial charge is 0.353 e. The van der Waals surface area contributed by atoms with Gasteiger partial charge < -0.3 is 5.32 Å². The number of sulfonamides is 1. The van der Waals surface area contributed by atoms with Crippen molar-refractivity contribution >= 4 is 15.9 Å². The molecule has 1 aromatic rings. The number of hydrogen-bond acceptors (Lipinski definition) is 4. The van der Waals surface area contributed by atoms with Gasteiger partial charge in [-0.15, -0.1) is 0 Å². The molecule has 2 unspecified atom stereocenters. The van der Waals surface area contributed by atoms with Gasteiger partial charge in [0.15, 0.2) is 0 Å². The first-order valence-electron chi connectivity index (χ1n) is 7.19. The molecule has 0 aliphatic heterocycles. The Morgan fingerprint density at radius 3 is 2.90 bits per heavy atom. The third-order valence-electron chi connectivity index (χ3n) is 3.81. The van der Waals surface area contributed by atoms with Crippen LogP contribution >= 0.6 is 0 Å². The van der Waals surface area contributed by atoms with Gasteiger partial charge >= 0.3 is 0 Å². The number of rotatable bonds is 5. The van der Waals surface area contributed by atoms with Gasteiger partial charge in [0, 0.05) is 25.2 Å². The summed E-state index contributed by atoms with van der Waals surface area (Å²) < 4.78 is 23.7. The van der Waals surface area contributed by atoms with Crippen LogP contribution in [0.4, 0.5) is 0 Å². The van der Waals surface area contributed by atoms with Crippen molar-refractivity contribution < 1.29 is 13.2 Å². The zero-order valence-corrected chi connectivity index (χ0v) is 13.0. The van der Waals surface area contributed by atoms with Gasteiger partial charge in [0.2, 0.25) is 15.9 Å². The molecule has 0 aromatic carbocycles. The van der Waals surface area contributed by atoms with Gasteiger partial charge in [-0.2, -0.15) is 5.10 Å². The second-order valence-corrected chi connectivity index (χ2v) is 7.33. The number of carbonyl (C=O) groups is 1. The minimum atomic E-state index is -3.73. The quantitative estimate of drug-likeness (QED) is 0.830. The first-order chi connectivity index (χ1) is 9.84. The van der Waals surface area contributed by atoms with Gasteiger partial charge in [-0.3, -0.25) is 9.48 Å². The Morgan fingerprint density at radius 2 is 2.29 bits per heavy atom. The molecule has 118 valence electrons. The van der Waals surface area contributed by atoms with Crippen LogP contribution in [-0.4, -0.2) is 30.1 Å². The minimum absolute atomic E-state index is 0.0262. The summed E-state index contributed by atoms with van der Waals surface area (Å²) in [5, 5.41) is 11.9. The minimum Gasteiger partial charge on any atom is -0.353 e. The maximum absolute atomic E-state index is 11.9. The number of nitrogens with two attached hydrogens (primary N) is 1. The first-order valence-corrected chi connectivity index (χ1v) is 8.74. The molecule has 1 aromatic heterocycles. The SMILES string of the molecule is CC1CCCC(NC(=O)CCn2cc(S(N)(=O)=O)cn2)C1. The molecular weight excluding hydrogens is 292 g/mol. The number of aryl methyl sites for hydroxylation is 1. The smallest absolute Gasteiger partial charge is 0.241 e. The predicted molar refractivity (Wildman–Crippen MR) is 77.8 cm³/mol. The van der Waals surface area contributed by atoms with Gasteiger partial charge in [-0.05, 0) is 18.8 Å². The Hall–Kier alpha value is -1.41. The maximum Gasteiger partial charge on any atom is 0.241 e. The molecule has 1 fully saturated rings. The normalized spacial score (nSPS) is 23.0. The van der Waals surface area contributed by atoms with Crippen LogP contribution in [0.15, 0.2) is 17.3 Å². The van der Waals surface area contributed by atoms with E-state index in [1.165, 1.54) is 23.5 Å². The second-order valence-electron chi connectivity index (χ2n) is 5.77. The molecule has 21 heavy (non-hydrogen) atoms. The van der Waals surface area contributed by atoms with E-state index in [1.54, 1.807) is 0 Å². The average molecular weight is 314 g/mol. The van der Waals surface area contributed by atoms with Gasteiger partial charge in [0.25, 0.3) is 0 Å². The zero-order chi connectivity index (χ0) is 15.5. The highest BCUT2D eigenvalue weighted by Gasteiger charge is 2.20. The van der Waals surface area contributed by atoms with E-state index in [1.807, 2.05) is 0 Å². The highest BCUT2D eigenvalue weighted by molar-refractivity contribution is 7.89. The number of primary sulfonamides is 1. The molecule has 0 spiro atoms. The molecule has 0 radical (unpaired) electrons. The van der Waals surface area contributed by atoms with E-state index >= 15 is 0 Å². The molecule has 1 amide bonds. The lowest BCUT2D eigenvalue weighted by Crippen LogP contribution is -2.38. The van der Waals surface area contributed by atoms with E-state index in [4.69, 9.17) is 5.14 Å².